The maximum Gasteiger partial charge on any atom is 0.258 e. The first kappa shape index (κ1) is 14.1. The Morgan fingerprint density at radius 3 is 2.81 bits per heavy atom. The average molecular weight is 301 g/mol. The molecule has 2 N–H and O–H groups in total. The minimum Gasteiger partial charge on any atom is -0.324 e. The number of hydrogen-bond donors (Lipinski definition) is 1. The Morgan fingerprint density at radius 1 is 1.29 bits per heavy atom. The van der Waals surface area contributed by atoms with Crippen LogP contribution in [0, 0.1) is 0 Å². The highest BCUT2D eigenvalue weighted by atomic mass is 35.5. The Kier molecular flexibility index (Phi) is 3.70. The Morgan fingerprint density at radius 2 is 2.10 bits per heavy atom. The third-order valence-electron chi connectivity index (χ3n) is 3.84. The highest BCUT2D eigenvalue weighted by molar-refractivity contribution is 6.31. The minimum atomic E-state index is -0.00945. The quantitative estimate of drug-likeness (QED) is 0.921. The summed E-state index contributed by atoms with van der Waals surface area (Å²) in [5.41, 5.74) is 9.79. The van der Waals surface area contributed by atoms with Crippen LogP contribution < -0.4 is 10.6 Å². The van der Waals surface area contributed by atoms with Gasteiger partial charge in [0.05, 0.1) is 0 Å². The lowest BCUT2D eigenvalue weighted by molar-refractivity contribution is 0.0989. The van der Waals surface area contributed by atoms with Crippen molar-refractivity contribution in [2.45, 2.75) is 19.4 Å². The van der Waals surface area contributed by atoms with Gasteiger partial charge in [0.15, 0.2) is 0 Å². The molecule has 0 saturated heterocycles. The van der Waals surface area contributed by atoms with Crippen LogP contribution in [0.25, 0.3) is 0 Å². The number of nitrogens with zero attached hydrogens (tertiary/aromatic N) is 1. The molecule has 3 nitrogen and oxygen atoms in total. The van der Waals surface area contributed by atoms with Gasteiger partial charge in [-0.2, -0.15) is 0 Å². The summed E-state index contributed by atoms with van der Waals surface area (Å²) >= 11 is 5.97. The van der Waals surface area contributed by atoms with Gasteiger partial charge in [-0.3, -0.25) is 4.79 Å². The summed E-state index contributed by atoms with van der Waals surface area (Å²) in [5.74, 6) is -0.00945. The second-order valence-electron chi connectivity index (χ2n) is 5.39. The van der Waals surface area contributed by atoms with Crippen LogP contribution >= 0.6 is 11.6 Å². The van der Waals surface area contributed by atoms with E-state index in [0.717, 1.165) is 17.7 Å². The van der Waals surface area contributed by atoms with E-state index >= 15 is 0 Å². The lowest BCUT2D eigenvalue weighted by Gasteiger charge is -2.18. The van der Waals surface area contributed by atoms with E-state index < -0.39 is 0 Å². The van der Waals surface area contributed by atoms with Crippen LogP contribution in [0.3, 0.4) is 0 Å². The van der Waals surface area contributed by atoms with Gasteiger partial charge in [-0.05, 0) is 48.7 Å². The highest BCUT2D eigenvalue weighted by Gasteiger charge is 2.26. The summed E-state index contributed by atoms with van der Waals surface area (Å²) in [7, 11) is 0. The molecule has 0 aromatic heterocycles. The Balaban J connectivity index is 1.92. The van der Waals surface area contributed by atoms with Gasteiger partial charge in [-0.1, -0.05) is 29.8 Å². The highest BCUT2D eigenvalue weighted by Crippen LogP contribution is 2.31. The number of anilines is 1. The molecule has 3 rings (SSSR count). The molecule has 108 valence electrons. The molecule has 1 unspecified atom stereocenters. The second kappa shape index (κ2) is 5.51. The number of fused-ring (bicyclic) bond motifs is 1. The molecular formula is C17H17ClN2O. The summed E-state index contributed by atoms with van der Waals surface area (Å²) in [4.78, 5) is 14.4. The molecule has 0 fully saturated rings. The standard InChI is InChI=1S/C17H17ClN2O/c1-11(19)12-5-6-16-13(9-12)7-8-20(16)17(21)14-3-2-4-15(18)10-14/h2-6,9-11H,7-8,19H2,1H3. The molecule has 1 atom stereocenters. The van der Waals surface area contributed by atoms with Gasteiger partial charge in [0.25, 0.3) is 5.91 Å². The number of carbonyl (C=O) groups is 1. The molecule has 0 spiro atoms. The van der Waals surface area contributed by atoms with Gasteiger partial charge in [-0.25, -0.2) is 0 Å². The molecule has 0 aliphatic carbocycles. The summed E-state index contributed by atoms with van der Waals surface area (Å²) in [6.07, 6.45) is 0.863. The molecule has 2 aromatic rings. The molecule has 0 bridgehead atoms. The monoisotopic (exact) mass is 300 g/mol. The lowest BCUT2D eigenvalue weighted by Crippen LogP contribution is -2.28. The molecule has 1 amide bonds. The van der Waals surface area contributed by atoms with Crippen molar-refractivity contribution in [3.63, 3.8) is 0 Å². The predicted molar refractivity (Wildman–Crippen MR) is 85.9 cm³/mol. The van der Waals surface area contributed by atoms with Crippen molar-refractivity contribution >= 4 is 23.2 Å². The van der Waals surface area contributed by atoms with E-state index in [0.29, 0.717) is 17.1 Å². The number of amides is 1. The topological polar surface area (TPSA) is 46.3 Å². The number of hydrogen-bond acceptors (Lipinski definition) is 2. The average Bonchev–Trinajstić information content (AvgIpc) is 2.89. The van der Waals surface area contributed by atoms with Gasteiger partial charge in [0, 0.05) is 28.9 Å². The van der Waals surface area contributed by atoms with Crippen LogP contribution in [0.1, 0.15) is 34.5 Å². The molecule has 2 aromatic carbocycles. The van der Waals surface area contributed by atoms with E-state index in [4.69, 9.17) is 17.3 Å². The van der Waals surface area contributed by atoms with Crippen LogP contribution in [0.2, 0.25) is 5.02 Å². The zero-order valence-corrected chi connectivity index (χ0v) is 12.6. The maximum atomic E-state index is 12.6. The largest absolute Gasteiger partial charge is 0.324 e. The summed E-state index contributed by atoms with van der Waals surface area (Å²) in [6, 6.07) is 13.2. The molecule has 4 heteroatoms. The van der Waals surface area contributed by atoms with Crippen molar-refractivity contribution in [1.29, 1.82) is 0 Å². The van der Waals surface area contributed by atoms with Crippen molar-refractivity contribution in [3.8, 4) is 0 Å². The van der Waals surface area contributed by atoms with E-state index in [1.165, 1.54) is 5.56 Å². The molecule has 1 aliphatic rings. The van der Waals surface area contributed by atoms with Crippen molar-refractivity contribution in [1.82, 2.24) is 0 Å². The van der Waals surface area contributed by atoms with Crippen molar-refractivity contribution < 1.29 is 4.79 Å². The van der Waals surface area contributed by atoms with Gasteiger partial charge in [-0.15, -0.1) is 0 Å². The molecule has 0 radical (unpaired) electrons. The molecular weight excluding hydrogens is 284 g/mol. The SMILES string of the molecule is CC(N)c1ccc2c(c1)CCN2C(=O)c1cccc(Cl)c1. The van der Waals surface area contributed by atoms with Crippen LogP contribution in [0.4, 0.5) is 5.69 Å². The lowest BCUT2D eigenvalue weighted by atomic mass is 10.0. The third kappa shape index (κ3) is 2.67. The van der Waals surface area contributed by atoms with E-state index in [1.807, 2.05) is 24.0 Å². The summed E-state index contributed by atoms with van der Waals surface area (Å²) < 4.78 is 0. The fraction of sp³-hybridized carbons (Fsp3) is 0.235. The van der Waals surface area contributed by atoms with E-state index in [2.05, 4.69) is 6.07 Å². The number of carbonyl (C=O) groups excluding carboxylic acids is 1. The smallest absolute Gasteiger partial charge is 0.258 e. The first-order valence-corrected chi connectivity index (χ1v) is 7.40. The van der Waals surface area contributed by atoms with Crippen molar-refractivity contribution in [2.24, 2.45) is 5.73 Å². The zero-order valence-electron chi connectivity index (χ0n) is 11.8. The third-order valence-corrected chi connectivity index (χ3v) is 4.08. The minimum absolute atomic E-state index is 0.00739. The number of halogens is 1. The first-order valence-electron chi connectivity index (χ1n) is 7.02. The maximum absolute atomic E-state index is 12.6. The van der Waals surface area contributed by atoms with Crippen LogP contribution in [0.15, 0.2) is 42.5 Å². The van der Waals surface area contributed by atoms with Crippen LogP contribution in [0.5, 0.6) is 0 Å². The van der Waals surface area contributed by atoms with Gasteiger partial charge >= 0.3 is 0 Å². The van der Waals surface area contributed by atoms with Gasteiger partial charge in [0.1, 0.15) is 0 Å². The molecule has 0 saturated carbocycles. The van der Waals surface area contributed by atoms with E-state index in [1.54, 1.807) is 24.3 Å². The molecule has 1 heterocycles. The Labute approximate surface area is 129 Å². The normalized spacial score (nSPS) is 14.9. The van der Waals surface area contributed by atoms with E-state index in [-0.39, 0.29) is 11.9 Å². The molecule has 21 heavy (non-hydrogen) atoms. The number of rotatable bonds is 2. The van der Waals surface area contributed by atoms with Crippen LogP contribution in [-0.4, -0.2) is 12.5 Å². The van der Waals surface area contributed by atoms with Crippen molar-refractivity contribution in [2.75, 3.05) is 11.4 Å². The van der Waals surface area contributed by atoms with Crippen LogP contribution in [-0.2, 0) is 6.42 Å². The predicted octanol–water partition coefficient (Wildman–Crippen LogP) is 3.56. The zero-order chi connectivity index (χ0) is 15.0. The fourth-order valence-corrected chi connectivity index (χ4v) is 2.88. The Hall–Kier alpha value is -1.84. The first-order chi connectivity index (χ1) is 10.1. The summed E-state index contributed by atoms with van der Waals surface area (Å²) in [5, 5.41) is 0.576. The number of nitrogens with two attached hydrogens (primary N) is 1. The van der Waals surface area contributed by atoms with E-state index in [9.17, 15) is 4.79 Å². The van der Waals surface area contributed by atoms with Gasteiger partial charge < -0.3 is 10.6 Å². The Bertz CT molecular complexity index is 697. The van der Waals surface area contributed by atoms with Gasteiger partial charge in [0.2, 0.25) is 0 Å². The number of benzene rings is 2. The fourth-order valence-electron chi connectivity index (χ4n) is 2.69. The summed E-state index contributed by atoms with van der Waals surface area (Å²) in [6.45, 7) is 2.66. The molecule has 1 aliphatic heterocycles. The second-order valence-corrected chi connectivity index (χ2v) is 5.83. The van der Waals surface area contributed by atoms with Crippen molar-refractivity contribution in [3.05, 3.63) is 64.2 Å².